The van der Waals surface area contributed by atoms with Crippen LogP contribution in [0.4, 0.5) is 0 Å². The normalized spacial score (nSPS) is 15.2. The Labute approximate surface area is 164 Å². The van der Waals surface area contributed by atoms with Gasteiger partial charge < -0.3 is 15.2 Å². The number of hydrogen-bond donors (Lipinski definition) is 3. The zero-order chi connectivity index (χ0) is 20.4. The average Bonchev–Trinajstić information content (AvgIpc) is 2.72. The number of ether oxygens (including phenoxy) is 2. The van der Waals surface area contributed by atoms with E-state index in [1.165, 1.54) is 0 Å². The van der Waals surface area contributed by atoms with E-state index in [9.17, 15) is 14.9 Å². The standard InChI is InChI=1S/C21H16N4O4/c22-10-15-16(17-19(26)24-21(27)25-20(17)29-18(15)23)13-7-4-8-14(9-13)28-11-12-5-2-1-3-6-12/h1-9,16H,11,23H2,(H2,24,25,26,27). The van der Waals surface area contributed by atoms with Gasteiger partial charge in [-0.2, -0.15) is 5.26 Å². The van der Waals surface area contributed by atoms with Crippen LogP contribution >= 0.6 is 0 Å². The lowest BCUT2D eigenvalue weighted by Crippen LogP contribution is -2.33. The van der Waals surface area contributed by atoms with Crippen molar-refractivity contribution < 1.29 is 9.47 Å². The molecule has 0 aliphatic carbocycles. The molecule has 0 bridgehead atoms. The molecular weight excluding hydrogens is 372 g/mol. The molecule has 2 heterocycles. The first kappa shape index (κ1) is 18.1. The number of nitriles is 1. The highest BCUT2D eigenvalue weighted by Gasteiger charge is 2.34. The summed E-state index contributed by atoms with van der Waals surface area (Å²) in [5.74, 6) is -0.474. The van der Waals surface area contributed by atoms with Crippen molar-refractivity contribution in [2.75, 3.05) is 0 Å². The Bertz CT molecular complexity index is 1250. The van der Waals surface area contributed by atoms with Crippen molar-refractivity contribution in [2.24, 2.45) is 5.73 Å². The maximum absolute atomic E-state index is 12.5. The van der Waals surface area contributed by atoms with Gasteiger partial charge in [-0.25, -0.2) is 4.79 Å². The predicted octanol–water partition coefficient (Wildman–Crippen LogP) is 1.86. The fourth-order valence-electron chi connectivity index (χ4n) is 3.25. The fraction of sp³-hybridized carbons (Fsp3) is 0.0952. The second-order valence-corrected chi connectivity index (χ2v) is 6.42. The molecule has 2 aromatic carbocycles. The number of aromatic amines is 2. The fourth-order valence-corrected chi connectivity index (χ4v) is 3.25. The number of H-pyrrole nitrogens is 2. The molecule has 1 aromatic heterocycles. The zero-order valence-corrected chi connectivity index (χ0v) is 15.1. The quantitative estimate of drug-likeness (QED) is 0.625. The van der Waals surface area contributed by atoms with Gasteiger partial charge in [-0.3, -0.25) is 14.8 Å². The van der Waals surface area contributed by atoms with Crippen LogP contribution in [-0.2, 0) is 6.61 Å². The lowest BCUT2D eigenvalue weighted by Gasteiger charge is -2.25. The number of fused-ring (bicyclic) bond motifs is 1. The van der Waals surface area contributed by atoms with E-state index in [2.05, 4.69) is 9.97 Å². The topological polar surface area (TPSA) is 134 Å². The summed E-state index contributed by atoms with van der Waals surface area (Å²) in [4.78, 5) is 28.7. The Balaban J connectivity index is 1.75. The Kier molecular flexibility index (Phi) is 4.63. The molecule has 1 unspecified atom stereocenters. The largest absolute Gasteiger partial charge is 0.489 e. The van der Waals surface area contributed by atoms with Crippen LogP contribution in [0.15, 0.2) is 75.6 Å². The van der Waals surface area contributed by atoms with Crippen LogP contribution in [0.3, 0.4) is 0 Å². The van der Waals surface area contributed by atoms with E-state index in [1.807, 2.05) is 36.4 Å². The third-order valence-electron chi connectivity index (χ3n) is 4.56. The van der Waals surface area contributed by atoms with E-state index in [1.54, 1.807) is 24.3 Å². The van der Waals surface area contributed by atoms with Gasteiger partial charge in [0.25, 0.3) is 5.56 Å². The first-order chi connectivity index (χ1) is 14.1. The second-order valence-electron chi connectivity index (χ2n) is 6.42. The van der Waals surface area contributed by atoms with Crippen molar-refractivity contribution in [1.29, 1.82) is 5.26 Å². The molecule has 1 aliphatic heterocycles. The number of nitrogens with one attached hydrogen (secondary N) is 2. The van der Waals surface area contributed by atoms with Crippen molar-refractivity contribution in [2.45, 2.75) is 12.5 Å². The molecule has 0 saturated carbocycles. The Morgan fingerprint density at radius 2 is 1.90 bits per heavy atom. The molecule has 4 N–H and O–H groups in total. The summed E-state index contributed by atoms with van der Waals surface area (Å²) in [5, 5.41) is 9.60. The summed E-state index contributed by atoms with van der Waals surface area (Å²) >= 11 is 0. The van der Waals surface area contributed by atoms with Crippen LogP contribution in [0.2, 0.25) is 0 Å². The van der Waals surface area contributed by atoms with Crippen LogP contribution in [-0.4, -0.2) is 9.97 Å². The molecule has 8 heteroatoms. The molecule has 0 spiro atoms. The van der Waals surface area contributed by atoms with Gasteiger partial charge in [-0.1, -0.05) is 42.5 Å². The molecule has 0 amide bonds. The highest BCUT2D eigenvalue weighted by molar-refractivity contribution is 5.53. The molecule has 8 nitrogen and oxygen atoms in total. The molecule has 144 valence electrons. The van der Waals surface area contributed by atoms with Crippen molar-refractivity contribution in [1.82, 2.24) is 9.97 Å². The highest BCUT2D eigenvalue weighted by atomic mass is 16.5. The molecule has 1 aliphatic rings. The first-order valence-corrected chi connectivity index (χ1v) is 8.77. The summed E-state index contributed by atoms with van der Waals surface area (Å²) < 4.78 is 11.2. The lowest BCUT2D eigenvalue weighted by molar-refractivity contribution is 0.305. The van der Waals surface area contributed by atoms with Gasteiger partial charge in [0.05, 0.1) is 11.5 Å². The maximum Gasteiger partial charge on any atom is 0.328 e. The zero-order valence-electron chi connectivity index (χ0n) is 15.1. The van der Waals surface area contributed by atoms with Crippen molar-refractivity contribution >= 4 is 0 Å². The van der Waals surface area contributed by atoms with Crippen LogP contribution in [0.5, 0.6) is 11.6 Å². The molecule has 0 radical (unpaired) electrons. The van der Waals surface area contributed by atoms with Crippen LogP contribution in [0, 0.1) is 11.3 Å². The van der Waals surface area contributed by atoms with E-state index in [0.717, 1.165) is 5.56 Å². The van der Waals surface area contributed by atoms with Gasteiger partial charge in [0.1, 0.15) is 24.0 Å². The number of nitrogens with two attached hydrogens (primary N) is 1. The number of allylic oxidation sites excluding steroid dienone is 1. The molecule has 4 rings (SSSR count). The number of rotatable bonds is 4. The van der Waals surface area contributed by atoms with Crippen LogP contribution in [0.1, 0.15) is 22.6 Å². The minimum atomic E-state index is -0.801. The minimum absolute atomic E-state index is 0.0733. The van der Waals surface area contributed by atoms with E-state index in [0.29, 0.717) is 17.9 Å². The molecular formula is C21H16N4O4. The van der Waals surface area contributed by atoms with Crippen LogP contribution < -0.4 is 26.5 Å². The van der Waals surface area contributed by atoms with Gasteiger partial charge >= 0.3 is 5.69 Å². The molecule has 0 fully saturated rings. The van der Waals surface area contributed by atoms with E-state index in [4.69, 9.17) is 15.2 Å². The number of benzene rings is 2. The number of hydrogen-bond acceptors (Lipinski definition) is 6. The van der Waals surface area contributed by atoms with Crippen molar-refractivity contribution in [3.63, 3.8) is 0 Å². The summed E-state index contributed by atoms with van der Waals surface area (Å²) in [7, 11) is 0. The van der Waals surface area contributed by atoms with E-state index < -0.39 is 17.2 Å². The molecule has 0 saturated heterocycles. The van der Waals surface area contributed by atoms with E-state index in [-0.39, 0.29) is 22.9 Å². The monoisotopic (exact) mass is 388 g/mol. The summed E-state index contributed by atoms with van der Waals surface area (Å²) in [6, 6.07) is 18.7. The SMILES string of the molecule is N#CC1=C(N)Oc2[nH]c(=O)[nH]c(=O)c2C1c1cccc(OCc2ccccc2)c1. The van der Waals surface area contributed by atoms with Crippen molar-refractivity contribution in [3.8, 4) is 17.7 Å². The van der Waals surface area contributed by atoms with Crippen molar-refractivity contribution in [3.05, 3.63) is 104 Å². The Morgan fingerprint density at radius 3 is 2.66 bits per heavy atom. The Morgan fingerprint density at radius 1 is 1.10 bits per heavy atom. The van der Waals surface area contributed by atoms with E-state index >= 15 is 0 Å². The number of nitrogens with zero attached hydrogens (tertiary/aromatic N) is 1. The minimum Gasteiger partial charge on any atom is -0.489 e. The predicted molar refractivity (Wildman–Crippen MR) is 104 cm³/mol. The third-order valence-corrected chi connectivity index (χ3v) is 4.56. The number of aromatic nitrogens is 2. The van der Waals surface area contributed by atoms with Gasteiger partial charge in [-0.05, 0) is 23.3 Å². The van der Waals surface area contributed by atoms with Gasteiger partial charge in [0, 0.05) is 0 Å². The first-order valence-electron chi connectivity index (χ1n) is 8.77. The summed E-state index contributed by atoms with van der Waals surface area (Å²) in [6.45, 7) is 0.367. The second kappa shape index (κ2) is 7.40. The third kappa shape index (κ3) is 3.49. The van der Waals surface area contributed by atoms with Gasteiger partial charge in [0.2, 0.25) is 11.8 Å². The summed E-state index contributed by atoms with van der Waals surface area (Å²) in [5.41, 5.74) is 6.30. The maximum atomic E-state index is 12.5. The Hall–Kier alpha value is -4.25. The van der Waals surface area contributed by atoms with Gasteiger partial charge in [0.15, 0.2) is 0 Å². The average molecular weight is 388 g/mol. The molecule has 1 atom stereocenters. The van der Waals surface area contributed by atoms with Crippen LogP contribution in [0.25, 0.3) is 0 Å². The molecule has 29 heavy (non-hydrogen) atoms. The molecule has 3 aromatic rings. The highest BCUT2D eigenvalue weighted by Crippen LogP contribution is 2.39. The summed E-state index contributed by atoms with van der Waals surface area (Å²) in [6.07, 6.45) is 0. The van der Waals surface area contributed by atoms with Gasteiger partial charge in [-0.15, -0.1) is 0 Å². The lowest BCUT2D eigenvalue weighted by atomic mass is 9.85. The smallest absolute Gasteiger partial charge is 0.328 e.